The van der Waals surface area contributed by atoms with Gasteiger partial charge in [0.05, 0.1) is 6.26 Å². The molecule has 0 bridgehead atoms. The van der Waals surface area contributed by atoms with Crippen LogP contribution in [0.15, 0.2) is 47.1 Å². The lowest BCUT2D eigenvalue weighted by molar-refractivity contribution is 0.261. The molecule has 0 aliphatic carbocycles. The minimum atomic E-state index is -0.216. The first-order valence-electron chi connectivity index (χ1n) is 10.2. The van der Waals surface area contributed by atoms with Crippen molar-refractivity contribution in [3.8, 4) is 11.6 Å². The molecule has 1 aliphatic heterocycles. The van der Waals surface area contributed by atoms with Crippen LogP contribution in [0.3, 0.4) is 0 Å². The first-order valence-corrected chi connectivity index (χ1v) is 10.2. The number of hydrogen-bond donors (Lipinski definition) is 2. The first kappa shape index (κ1) is 19.3. The highest BCUT2D eigenvalue weighted by atomic mass is 19.1. The van der Waals surface area contributed by atoms with Crippen LogP contribution in [-0.2, 0) is 6.42 Å². The molecule has 4 N–H and O–H groups in total. The van der Waals surface area contributed by atoms with Gasteiger partial charge in [-0.3, -0.25) is 4.90 Å². The SMILES string of the molecule is Nc1nc2nc(-c3ccco3)nn2c(N)c1CCN1CCN(c2ccc(F)cc2)CC1. The summed E-state index contributed by atoms with van der Waals surface area (Å²) in [5, 5.41) is 4.42. The van der Waals surface area contributed by atoms with Crippen LogP contribution >= 0.6 is 0 Å². The van der Waals surface area contributed by atoms with Gasteiger partial charge in [0, 0.05) is 44.0 Å². The largest absolute Gasteiger partial charge is 0.461 e. The maximum absolute atomic E-state index is 13.1. The fourth-order valence-corrected chi connectivity index (χ4v) is 3.89. The van der Waals surface area contributed by atoms with Crippen molar-refractivity contribution in [3.05, 3.63) is 54.0 Å². The standard InChI is InChI=1S/C21H23FN8O/c22-14-3-5-15(6-4-14)29-11-9-28(10-12-29)8-7-16-18(23)25-21-26-20(17-2-1-13-31-17)27-30(21)19(16)24/h1-6,13H,7-12,24H2,(H2,23,25,26,27). The summed E-state index contributed by atoms with van der Waals surface area (Å²) in [7, 11) is 0. The predicted octanol–water partition coefficient (Wildman–Crippen LogP) is 2.05. The van der Waals surface area contributed by atoms with Crippen molar-refractivity contribution >= 4 is 23.1 Å². The fraction of sp³-hybridized carbons (Fsp3) is 0.286. The van der Waals surface area contributed by atoms with Crippen molar-refractivity contribution in [1.82, 2.24) is 24.5 Å². The highest BCUT2D eigenvalue weighted by Gasteiger charge is 2.20. The third-order valence-electron chi connectivity index (χ3n) is 5.64. The second-order valence-corrected chi connectivity index (χ2v) is 7.54. The number of hydrogen-bond acceptors (Lipinski definition) is 8. The summed E-state index contributed by atoms with van der Waals surface area (Å²) < 4.78 is 20.0. The molecule has 9 nitrogen and oxygen atoms in total. The predicted molar refractivity (Wildman–Crippen MR) is 116 cm³/mol. The summed E-state index contributed by atoms with van der Waals surface area (Å²) in [5.41, 5.74) is 14.4. The Morgan fingerprint density at radius 3 is 2.48 bits per heavy atom. The van der Waals surface area contributed by atoms with E-state index in [1.807, 2.05) is 12.1 Å². The smallest absolute Gasteiger partial charge is 0.256 e. The van der Waals surface area contributed by atoms with Crippen LogP contribution in [0.5, 0.6) is 0 Å². The van der Waals surface area contributed by atoms with E-state index in [2.05, 4.69) is 24.9 Å². The van der Waals surface area contributed by atoms with Gasteiger partial charge in [-0.15, -0.1) is 5.10 Å². The Labute approximate surface area is 178 Å². The fourth-order valence-electron chi connectivity index (χ4n) is 3.89. The van der Waals surface area contributed by atoms with Crippen LogP contribution in [0.1, 0.15) is 5.56 Å². The molecular formula is C21H23FN8O. The Morgan fingerprint density at radius 2 is 1.77 bits per heavy atom. The van der Waals surface area contributed by atoms with Crippen LogP contribution in [0.25, 0.3) is 17.4 Å². The lowest BCUT2D eigenvalue weighted by atomic mass is 10.1. The van der Waals surface area contributed by atoms with E-state index < -0.39 is 0 Å². The zero-order valence-electron chi connectivity index (χ0n) is 16.9. The van der Waals surface area contributed by atoms with E-state index in [-0.39, 0.29) is 5.82 Å². The monoisotopic (exact) mass is 422 g/mol. The number of halogens is 1. The number of benzene rings is 1. The maximum atomic E-state index is 13.1. The van der Waals surface area contributed by atoms with Crippen molar-refractivity contribution in [2.75, 3.05) is 49.1 Å². The molecule has 1 saturated heterocycles. The molecule has 160 valence electrons. The molecule has 0 atom stereocenters. The molecule has 10 heteroatoms. The van der Waals surface area contributed by atoms with E-state index in [1.165, 1.54) is 16.6 Å². The summed E-state index contributed by atoms with van der Waals surface area (Å²) in [5.74, 6) is 1.90. The average molecular weight is 422 g/mol. The van der Waals surface area contributed by atoms with Gasteiger partial charge in [0.15, 0.2) is 5.76 Å². The van der Waals surface area contributed by atoms with Crippen molar-refractivity contribution in [2.45, 2.75) is 6.42 Å². The number of aromatic nitrogens is 4. The molecule has 1 aliphatic rings. The number of fused-ring (bicyclic) bond motifs is 1. The molecule has 4 heterocycles. The highest BCUT2D eigenvalue weighted by molar-refractivity contribution is 5.61. The molecule has 0 amide bonds. The van der Waals surface area contributed by atoms with Gasteiger partial charge in [-0.25, -0.2) is 4.39 Å². The Kier molecular flexibility index (Phi) is 4.91. The van der Waals surface area contributed by atoms with Crippen LogP contribution in [0.4, 0.5) is 21.7 Å². The minimum absolute atomic E-state index is 0.216. The van der Waals surface area contributed by atoms with E-state index in [9.17, 15) is 4.39 Å². The lowest BCUT2D eigenvalue weighted by Gasteiger charge is -2.36. The van der Waals surface area contributed by atoms with Crippen molar-refractivity contribution in [1.29, 1.82) is 0 Å². The Balaban J connectivity index is 1.26. The number of anilines is 3. The third kappa shape index (κ3) is 3.77. The van der Waals surface area contributed by atoms with E-state index in [0.29, 0.717) is 35.4 Å². The molecule has 1 aromatic carbocycles. The van der Waals surface area contributed by atoms with Gasteiger partial charge < -0.3 is 20.8 Å². The minimum Gasteiger partial charge on any atom is -0.461 e. The molecule has 5 rings (SSSR count). The van der Waals surface area contributed by atoms with Gasteiger partial charge in [-0.05, 0) is 42.8 Å². The quantitative estimate of drug-likeness (QED) is 0.502. The van der Waals surface area contributed by atoms with E-state index in [0.717, 1.165) is 44.0 Å². The van der Waals surface area contributed by atoms with E-state index in [4.69, 9.17) is 15.9 Å². The third-order valence-corrected chi connectivity index (χ3v) is 5.64. The van der Waals surface area contributed by atoms with Crippen LogP contribution in [0, 0.1) is 5.82 Å². The second-order valence-electron chi connectivity index (χ2n) is 7.54. The molecule has 0 unspecified atom stereocenters. The van der Waals surface area contributed by atoms with Gasteiger partial charge in [0.2, 0.25) is 5.82 Å². The van der Waals surface area contributed by atoms with E-state index in [1.54, 1.807) is 18.4 Å². The molecule has 31 heavy (non-hydrogen) atoms. The number of nitrogens with zero attached hydrogens (tertiary/aromatic N) is 6. The Hall–Kier alpha value is -3.66. The summed E-state index contributed by atoms with van der Waals surface area (Å²) >= 11 is 0. The number of piperazine rings is 1. The molecule has 0 spiro atoms. The molecule has 0 radical (unpaired) electrons. The summed E-state index contributed by atoms with van der Waals surface area (Å²) in [6, 6.07) is 10.2. The van der Waals surface area contributed by atoms with Crippen LogP contribution in [0.2, 0.25) is 0 Å². The molecule has 0 saturated carbocycles. The highest BCUT2D eigenvalue weighted by Crippen LogP contribution is 2.23. The Bertz CT molecular complexity index is 1180. The second kappa shape index (κ2) is 7.88. The van der Waals surface area contributed by atoms with Gasteiger partial charge in [-0.1, -0.05) is 0 Å². The summed E-state index contributed by atoms with van der Waals surface area (Å²) in [4.78, 5) is 13.4. The first-order chi connectivity index (χ1) is 15.1. The Morgan fingerprint density at radius 1 is 1.00 bits per heavy atom. The van der Waals surface area contributed by atoms with E-state index >= 15 is 0 Å². The number of nitrogen functional groups attached to an aromatic ring is 2. The normalized spacial score (nSPS) is 15.1. The zero-order chi connectivity index (χ0) is 21.4. The maximum Gasteiger partial charge on any atom is 0.256 e. The summed E-state index contributed by atoms with van der Waals surface area (Å²) in [6.45, 7) is 4.36. The zero-order valence-corrected chi connectivity index (χ0v) is 16.9. The van der Waals surface area contributed by atoms with Gasteiger partial charge in [0.1, 0.15) is 17.5 Å². The molecule has 1 fully saturated rings. The number of furan rings is 1. The topological polar surface area (TPSA) is 115 Å². The molecule has 4 aromatic rings. The van der Waals surface area contributed by atoms with Crippen molar-refractivity contribution in [2.24, 2.45) is 0 Å². The van der Waals surface area contributed by atoms with Gasteiger partial charge >= 0.3 is 0 Å². The lowest BCUT2D eigenvalue weighted by Crippen LogP contribution is -2.47. The van der Waals surface area contributed by atoms with Crippen molar-refractivity contribution in [3.63, 3.8) is 0 Å². The molecular weight excluding hydrogens is 399 g/mol. The number of nitrogens with two attached hydrogens (primary N) is 2. The van der Waals surface area contributed by atoms with Crippen LogP contribution < -0.4 is 16.4 Å². The van der Waals surface area contributed by atoms with Gasteiger partial charge in [-0.2, -0.15) is 14.5 Å². The van der Waals surface area contributed by atoms with Crippen molar-refractivity contribution < 1.29 is 8.81 Å². The molecule has 3 aromatic heterocycles. The number of rotatable bonds is 5. The summed E-state index contributed by atoms with van der Waals surface area (Å²) in [6.07, 6.45) is 2.22. The van der Waals surface area contributed by atoms with Gasteiger partial charge in [0.25, 0.3) is 5.78 Å². The van der Waals surface area contributed by atoms with Crippen LogP contribution in [-0.4, -0.2) is 57.2 Å². The average Bonchev–Trinajstić information content (AvgIpc) is 3.45.